The molecule has 1 aromatic carbocycles. The molecule has 2 aliphatic heterocycles. The summed E-state index contributed by atoms with van der Waals surface area (Å²) in [6.07, 6.45) is 0.850. The average molecular weight is 391 g/mol. The largest absolute Gasteiger partial charge is 0.314 e. The lowest BCUT2D eigenvalue weighted by atomic mass is 10.2. The van der Waals surface area contributed by atoms with Crippen molar-refractivity contribution in [1.82, 2.24) is 14.5 Å². The number of halogens is 2. The van der Waals surface area contributed by atoms with Crippen molar-refractivity contribution in [3.63, 3.8) is 0 Å². The number of hydrogen-bond acceptors (Lipinski definition) is 5. The summed E-state index contributed by atoms with van der Waals surface area (Å²) < 4.78 is 27.1. The van der Waals surface area contributed by atoms with Gasteiger partial charge in [-0.15, -0.1) is 12.4 Å². The Morgan fingerprint density at radius 2 is 1.96 bits per heavy atom. The normalized spacial score (nSPS) is 22.8. The van der Waals surface area contributed by atoms with Gasteiger partial charge in [-0.05, 0) is 24.6 Å². The smallest absolute Gasteiger partial charge is 0.243 e. The molecular formula is C15H20Cl2N4O2S. The zero-order valence-corrected chi connectivity index (χ0v) is 15.5. The highest BCUT2D eigenvalue weighted by atomic mass is 35.5. The van der Waals surface area contributed by atoms with Crippen molar-refractivity contribution >= 4 is 34.0 Å². The Labute approximate surface area is 153 Å². The molecule has 0 radical (unpaired) electrons. The third-order valence-electron chi connectivity index (χ3n) is 4.49. The van der Waals surface area contributed by atoms with Crippen LogP contribution in [0.5, 0.6) is 0 Å². The van der Waals surface area contributed by atoms with Crippen LogP contribution in [0.1, 0.15) is 12.0 Å². The van der Waals surface area contributed by atoms with E-state index in [2.05, 4.69) is 10.2 Å². The lowest BCUT2D eigenvalue weighted by Crippen LogP contribution is -2.49. The van der Waals surface area contributed by atoms with E-state index >= 15 is 0 Å². The van der Waals surface area contributed by atoms with Crippen LogP contribution in [-0.2, 0) is 10.0 Å². The number of nitrogens with zero attached hydrogens (tertiary/aromatic N) is 3. The van der Waals surface area contributed by atoms with E-state index in [0.717, 1.165) is 32.6 Å². The van der Waals surface area contributed by atoms with E-state index in [1.165, 1.54) is 22.5 Å². The van der Waals surface area contributed by atoms with Gasteiger partial charge in [-0.2, -0.15) is 9.57 Å². The van der Waals surface area contributed by atoms with Gasteiger partial charge in [-0.1, -0.05) is 11.6 Å². The number of sulfonamides is 1. The Balaban J connectivity index is 0.00000208. The minimum absolute atomic E-state index is 0. The minimum Gasteiger partial charge on any atom is -0.314 e. The van der Waals surface area contributed by atoms with Crippen LogP contribution in [0.3, 0.4) is 0 Å². The third kappa shape index (κ3) is 3.85. The molecule has 0 bridgehead atoms. The first-order chi connectivity index (χ1) is 11.0. The molecule has 1 aromatic rings. The van der Waals surface area contributed by atoms with Gasteiger partial charge in [-0.25, -0.2) is 8.42 Å². The van der Waals surface area contributed by atoms with Crippen molar-refractivity contribution in [1.29, 1.82) is 5.26 Å². The van der Waals surface area contributed by atoms with E-state index in [-0.39, 0.29) is 33.9 Å². The van der Waals surface area contributed by atoms with E-state index in [9.17, 15) is 8.42 Å². The molecule has 0 amide bonds. The van der Waals surface area contributed by atoms with E-state index in [1.54, 1.807) is 0 Å². The van der Waals surface area contributed by atoms with Crippen LogP contribution in [0.15, 0.2) is 23.1 Å². The number of benzene rings is 1. The molecule has 6 nitrogen and oxygen atoms in total. The molecule has 1 unspecified atom stereocenters. The van der Waals surface area contributed by atoms with Crippen molar-refractivity contribution in [3.05, 3.63) is 28.8 Å². The predicted molar refractivity (Wildman–Crippen MR) is 95.0 cm³/mol. The molecule has 2 aliphatic rings. The Hall–Kier alpha value is -0.880. The fraction of sp³-hybridized carbons (Fsp3) is 0.533. The number of hydrogen-bond donors (Lipinski definition) is 1. The second-order valence-corrected chi connectivity index (χ2v) is 8.19. The van der Waals surface area contributed by atoms with Crippen LogP contribution in [-0.4, -0.2) is 62.9 Å². The summed E-state index contributed by atoms with van der Waals surface area (Å²) in [5.41, 5.74) is 0.283. The molecule has 2 saturated heterocycles. The summed E-state index contributed by atoms with van der Waals surface area (Å²) in [4.78, 5) is 2.51. The maximum absolute atomic E-state index is 12.8. The van der Waals surface area contributed by atoms with Crippen molar-refractivity contribution in [2.75, 3.05) is 39.3 Å². The van der Waals surface area contributed by atoms with Crippen LogP contribution < -0.4 is 5.32 Å². The topological polar surface area (TPSA) is 76.4 Å². The standard InChI is InChI=1S/C15H19ClN4O2S.ClH/c16-15-9-14(2-1-12(15)10-17)23(21,22)20-6-3-13(11-20)19-7-4-18-5-8-19;/h1-2,9,13,18H,3-8,11H2;1H. The van der Waals surface area contributed by atoms with E-state index in [4.69, 9.17) is 16.9 Å². The first kappa shape index (κ1) is 19.4. The van der Waals surface area contributed by atoms with E-state index < -0.39 is 10.0 Å². The molecule has 2 heterocycles. The second kappa shape index (κ2) is 8.00. The van der Waals surface area contributed by atoms with Crippen molar-refractivity contribution in [2.24, 2.45) is 0 Å². The quantitative estimate of drug-likeness (QED) is 0.841. The summed E-state index contributed by atoms with van der Waals surface area (Å²) in [6, 6.07) is 6.50. The Morgan fingerprint density at radius 1 is 1.25 bits per heavy atom. The SMILES string of the molecule is Cl.N#Cc1ccc(S(=O)(=O)N2CCC(N3CCNCC3)C2)cc1Cl. The fourth-order valence-electron chi connectivity index (χ4n) is 3.17. The Kier molecular flexibility index (Phi) is 6.48. The molecular weight excluding hydrogens is 371 g/mol. The number of nitrogens with one attached hydrogen (secondary N) is 1. The summed E-state index contributed by atoms with van der Waals surface area (Å²) in [5, 5.41) is 12.4. The van der Waals surface area contributed by atoms with Gasteiger partial charge < -0.3 is 5.32 Å². The van der Waals surface area contributed by atoms with Gasteiger partial charge in [0.15, 0.2) is 0 Å². The van der Waals surface area contributed by atoms with Crippen LogP contribution in [0.25, 0.3) is 0 Å². The van der Waals surface area contributed by atoms with Gasteiger partial charge in [0.05, 0.1) is 15.5 Å². The molecule has 0 saturated carbocycles. The summed E-state index contributed by atoms with van der Waals surface area (Å²) in [6.45, 7) is 4.86. The summed E-state index contributed by atoms with van der Waals surface area (Å²) in [7, 11) is -3.56. The molecule has 9 heteroatoms. The van der Waals surface area contributed by atoms with Gasteiger partial charge in [-0.3, -0.25) is 4.90 Å². The third-order valence-corrected chi connectivity index (χ3v) is 6.67. The first-order valence-corrected chi connectivity index (χ1v) is 9.49. The molecule has 2 fully saturated rings. The predicted octanol–water partition coefficient (Wildman–Crippen LogP) is 1.30. The molecule has 24 heavy (non-hydrogen) atoms. The lowest BCUT2D eigenvalue weighted by Gasteiger charge is -2.32. The molecule has 1 atom stereocenters. The highest BCUT2D eigenvalue weighted by Gasteiger charge is 2.35. The zero-order valence-electron chi connectivity index (χ0n) is 13.1. The van der Waals surface area contributed by atoms with Crippen LogP contribution in [0, 0.1) is 11.3 Å². The van der Waals surface area contributed by atoms with Gasteiger partial charge in [0.25, 0.3) is 0 Å². The van der Waals surface area contributed by atoms with Crippen molar-refractivity contribution < 1.29 is 8.42 Å². The number of nitriles is 1. The molecule has 132 valence electrons. The Morgan fingerprint density at radius 3 is 2.58 bits per heavy atom. The monoisotopic (exact) mass is 390 g/mol. The Bertz CT molecular complexity index is 729. The van der Waals surface area contributed by atoms with Gasteiger partial charge >= 0.3 is 0 Å². The molecule has 0 aromatic heterocycles. The fourth-order valence-corrected chi connectivity index (χ4v) is 4.98. The lowest BCUT2D eigenvalue weighted by molar-refractivity contribution is 0.179. The van der Waals surface area contributed by atoms with Crippen molar-refractivity contribution in [3.8, 4) is 6.07 Å². The average Bonchev–Trinajstić information content (AvgIpc) is 3.06. The minimum atomic E-state index is -3.56. The van der Waals surface area contributed by atoms with E-state index in [1.807, 2.05) is 6.07 Å². The molecule has 1 N–H and O–H groups in total. The van der Waals surface area contributed by atoms with Gasteiger partial charge in [0.1, 0.15) is 6.07 Å². The number of piperazine rings is 1. The van der Waals surface area contributed by atoms with Crippen LogP contribution in [0.2, 0.25) is 5.02 Å². The maximum Gasteiger partial charge on any atom is 0.243 e. The highest BCUT2D eigenvalue weighted by Crippen LogP contribution is 2.26. The van der Waals surface area contributed by atoms with Crippen LogP contribution in [0.4, 0.5) is 0 Å². The van der Waals surface area contributed by atoms with Crippen LogP contribution >= 0.6 is 24.0 Å². The number of rotatable bonds is 3. The first-order valence-electron chi connectivity index (χ1n) is 7.67. The maximum atomic E-state index is 12.8. The summed E-state index contributed by atoms with van der Waals surface area (Å²) in [5.74, 6) is 0. The van der Waals surface area contributed by atoms with Gasteiger partial charge in [0.2, 0.25) is 10.0 Å². The highest BCUT2D eigenvalue weighted by molar-refractivity contribution is 7.89. The van der Waals surface area contributed by atoms with E-state index in [0.29, 0.717) is 13.1 Å². The molecule has 0 spiro atoms. The zero-order chi connectivity index (χ0) is 16.4. The molecule has 0 aliphatic carbocycles. The second-order valence-electron chi connectivity index (χ2n) is 5.84. The summed E-state index contributed by atoms with van der Waals surface area (Å²) >= 11 is 5.97. The van der Waals surface area contributed by atoms with Gasteiger partial charge in [0, 0.05) is 45.3 Å². The van der Waals surface area contributed by atoms with Crippen molar-refractivity contribution in [2.45, 2.75) is 17.4 Å². The molecule has 3 rings (SSSR count).